The van der Waals surface area contributed by atoms with Crippen molar-refractivity contribution in [3.8, 4) is 0 Å². The van der Waals surface area contributed by atoms with E-state index >= 15 is 0 Å². The van der Waals surface area contributed by atoms with Gasteiger partial charge >= 0.3 is 0 Å². The molecule has 2 aromatic rings. The van der Waals surface area contributed by atoms with Crippen LogP contribution in [-0.2, 0) is 4.79 Å². The quantitative estimate of drug-likeness (QED) is 0.838. The maximum absolute atomic E-state index is 10.9. The minimum atomic E-state index is -0.0629. The van der Waals surface area contributed by atoms with Crippen LogP contribution in [0.4, 0.5) is 11.4 Å². The molecule has 0 aliphatic heterocycles. The van der Waals surface area contributed by atoms with Gasteiger partial charge in [0.1, 0.15) is 0 Å². The number of carbonyl (C=O) groups is 1. The minimum Gasteiger partial charge on any atom is -0.398 e. The van der Waals surface area contributed by atoms with Crippen molar-refractivity contribution in [2.24, 2.45) is 0 Å². The number of hydrogen-bond acceptors (Lipinski definition) is 3. The smallest absolute Gasteiger partial charge is 0.221 e. The van der Waals surface area contributed by atoms with Crippen molar-refractivity contribution in [3.63, 3.8) is 0 Å². The molecule has 3 N–H and O–H groups in total. The first-order chi connectivity index (χ1) is 9.06. The van der Waals surface area contributed by atoms with Gasteiger partial charge in [0.15, 0.2) is 0 Å². The van der Waals surface area contributed by atoms with Crippen molar-refractivity contribution >= 4 is 29.0 Å². The van der Waals surface area contributed by atoms with E-state index in [2.05, 4.69) is 11.4 Å². The van der Waals surface area contributed by atoms with Crippen LogP contribution in [0.1, 0.15) is 12.5 Å². The number of nitrogen functional groups attached to an aromatic ring is 1. The zero-order valence-electron chi connectivity index (χ0n) is 10.9. The van der Waals surface area contributed by atoms with Gasteiger partial charge in [0.25, 0.3) is 0 Å². The third kappa shape index (κ3) is 3.51. The number of nitrogens with two attached hydrogens (primary N) is 1. The van der Waals surface area contributed by atoms with Crippen molar-refractivity contribution in [1.82, 2.24) is 0 Å². The number of rotatable bonds is 3. The maximum Gasteiger partial charge on any atom is 0.221 e. The van der Waals surface area contributed by atoms with E-state index < -0.39 is 0 Å². The van der Waals surface area contributed by atoms with Gasteiger partial charge in [0.2, 0.25) is 5.91 Å². The van der Waals surface area contributed by atoms with Crippen molar-refractivity contribution in [2.45, 2.75) is 23.6 Å². The number of carbonyl (C=O) groups excluding carboxylic acids is 1. The topological polar surface area (TPSA) is 55.1 Å². The molecule has 0 bridgehead atoms. The Labute approximate surface area is 117 Å². The fourth-order valence-electron chi connectivity index (χ4n) is 1.68. The van der Waals surface area contributed by atoms with Crippen LogP contribution in [0.3, 0.4) is 0 Å². The Kier molecular flexibility index (Phi) is 4.12. The number of nitrogens with one attached hydrogen (secondary N) is 1. The lowest BCUT2D eigenvalue weighted by molar-refractivity contribution is -0.114. The molecule has 0 aromatic heterocycles. The second kappa shape index (κ2) is 5.80. The third-order valence-electron chi connectivity index (χ3n) is 2.73. The van der Waals surface area contributed by atoms with Gasteiger partial charge in [-0.15, -0.1) is 0 Å². The molecule has 0 saturated heterocycles. The number of anilines is 2. The lowest BCUT2D eigenvalue weighted by atomic mass is 10.2. The van der Waals surface area contributed by atoms with Crippen LogP contribution in [0, 0.1) is 6.92 Å². The first-order valence-corrected chi connectivity index (χ1v) is 6.78. The van der Waals surface area contributed by atoms with Gasteiger partial charge < -0.3 is 11.1 Å². The van der Waals surface area contributed by atoms with E-state index in [1.807, 2.05) is 43.3 Å². The Hall–Kier alpha value is -1.94. The average molecular weight is 272 g/mol. The SMILES string of the molecule is CC(=O)Nc1ccc(Sc2cccc(N)c2C)cc1. The van der Waals surface area contributed by atoms with Crippen LogP contribution >= 0.6 is 11.8 Å². The molecule has 0 unspecified atom stereocenters. The highest BCUT2D eigenvalue weighted by molar-refractivity contribution is 7.99. The Bertz CT molecular complexity index is 594. The third-order valence-corrected chi connectivity index (χ3v) is 3.90. The molecular weight excluding hydrogens is 256 g/mol. The van der Waals surface area contributed by atoms with E-state index in [9.17, 15) is 4.79 Å². The van der Waals surface area contributed by atoms with Crippen molar-refractivity contribution in [3.05, 3.63) is 48.0 Å². The van der Waals surface area contributed by atoms with E-state index in [0.29, 0.717) is 0 Å². The predicted molar refractivity (Wildman–Crippen MR) is 80.5 cm³/mol. The monoisotopic (exact) mass is 272 g/mol. The average Bonchev–Trinajstić information content (AvgIpc) is 2.37. The fourth-order valence-corrected chi connectivity index (χ4v) is 2.62. The molecule has 98 valence electrons. The molecule has 2 rings (SSSR count). The van der Waals surface area contributed by atoms with Gasteiger partial charge in [-0.2, -0.15) is 0 Å². The minimum absolute atomic E-state index is 0.0629. The molecule has 0 aliphatic carbocycles. The molecule has 0 fully saturated rings. The van der Waals surface area contributed by atoms with Crippen molar-refractivity contribution in [1.29, 1.82) is 0 Å². The lowest BCUT2D eigenvalue weighted by Gasteiger charge is -2.08. The summed E-state index contributed by atoms with van der Waals surface area (Å²) in [6.07, 6.45) is 0. The number of benzene rings is 2. The van der Waals surface area contributed by atoms with Crippen LogP contribution in [0.5, 0.6) is 0 Å². The van der Waals surface area contributed by atoms with Crippen molar-refractivity contribution < 1.29 is 4.79 Å². The van der Waals surface area contributed by atoms with E-state index in [-0.39, 0.29) is 5.91 Å². The van der Waals surface area contributed by atoms with E-state index in [1.165, 1.54) is 6.92 Å². The molecule has 0 radical (unpaired) electrons. The van der Waals surface area contributed by atoms with Gasteiger partial charge in [0.05, 0.1) is 0 Å². The van der Waals surface area contributed by atoms with E-state index in [1.54, 1.807) is 11.8 Å². The van der Waals surface area contributed by atoms with Gasteiger partial charge in [0, 0.05) is 28.1 Å². The largest absolute Gasteiger partial charge is 0.398 e. The molecule has 0 heterocycles. The van der Waals surface area contributed by atoms with Crippen LogP contribution in [0.15, 0.2) is 52.3 Å². The molecule has 0 spiro atoms. The molecule has 1 amide bonds. The number of amides is 1. The molecular formula is C15H16N2OS. The van der Waals surface area contributed by atoms with Gasteiger partial charge in [-0.3, -0.25) is 4.79 Å². The highest BCUT2D eigenvalue weighted by atomic mass is 32.2. The van der Waals surface area contributed by atoms with Crippen molar-refractivity contribution in [2.75, 3.05) is 11.1 Å². The van der Waals surface area contributed by atoms with Crippen LogP contribution < -0.4 is 11.1 Å². The van der Waals surface area contributed by atoms with Crippen LogP contribution in [0.2, 0.25) is 0 Å². The summed E-state index contributed by atoms with van der Waals surface area (Å²) in [5, 5.41) is 2.75. The van der Waals surface area contributed by atoms with Crippen LogP contribution in [0.25, 0.3) is 0 Å². The molecule has 4 heteroatoms. The standard InChI is InChI=1S/C15H16N2OS/c1-10-14(16)4-3-5-15(10)19-13-8-6-12(7-9-13)17-11(2)18/h3-9H,16H2,1-2H3,(H,17,18). The summed E-state index contributed by atoms with van der Waals surface area (Å²) >= 11 is 1.66. The van der Waals surface area contributed by atoms with E-state index in [4.69, 9.17) is 5.73 Å². The van der Waals surface area contributed by atoms with Crippen LogP contribution in [-0.4, -0.2) is 5.91 Å². The zero-order valence-corrected chi connectivity index (χ0v) is 11.8. The summed E-state index contributed by atoms with van der Waals surface area (Å²) in [7, 11) is 0. The molecule has 3 nitrogen and oxygen atoms in total. The molecule has 0 saturated carbocycles. The summed E-state index contributed by atoms with van der Waals surface area (Å²) in [5.74, 6) is -0.0629. The first kappa shape index (κ1) is 13.5. The summed E-state index contributed by atoms with van der Waals surface area (Å²) in [5.41, 5.74) is 8.60. The molecule has 0 atom stereocenters. The Morgan fingerprint density at radius 1 is 1.16 bits per heavy atom. The maximum atomic E-state index is 10.9. The van der Waals surface area contributed by atoms with Gasteiger partial charge in [-0.05, 0) is 48.9 Å². The summed E-state index contributed by atoms with van der Waals surface area (Å²) in [4.78, 5) is 13.2. The molecule has 19 heavy (non-hydrogen) atoms. The summed E-state index contributed by atoms with van der Waals surface area (Å²) in [6, 6.07) is 13.7. The second-order valence-electron chi connectivity index (χ2n) is 4.28. The fraction of sp³-hybridized carbons (Fsp3) is 0.133. The normalized spacial score (nSPS) is 10.2. The highest BCUT2D eigenvalue weighted by Gasteiger charge is 2.04. The molecule has 0 aliphatic rings. The van der Waals surface area contributed by atoms with Gasteiger partial charge in [-0.25, -0.2) is 0 Å². The Balaban J connectivity index is 2.15. The lowest BCUT2D eigenvalue weighted by Crippen LogP contribution is -2.05. The van der Waals surface area contributed by atoms with Gasteiger partial charge in [-0.1, -0.05) is 17.8 Å². The summed E-state index contributed by atoms with van der Waals surface area (Å²) < 4.78 is 0. The zero-order chi connectivity index (χ0) is 13.8. The first-order valence-electron chi connectivity index (χ1n) is 5.97. The molecule has 2 aromatic carbocycles. The second-order valence-corrected chi connectivity index (χ2v) is 5.39. The number of hydrogen-bond donors (Lipinski definition) is 2. The Morgan fingerprint density at radius 3 is 2.47 bits per heavy atom. The highest BCUT2D eigenvalue weighted by Crippen LogP contribution is 2.32. The summed E-state index contributed by atoms with van der Waals surface area (Å²) in [6.45, 7) is 3.52. The predicted octanol–water partition coefficient (Wildman–Crippen LogP) is 3.69. The Morgan fingerprint density at radius 2 is 1.84 bits per heavy atom. The van der Waals surface area contributed by atoms with E-state index in [0.717, 1.165) is 26.7 Å².